The minimum atomic E-state index is -0.980. The molecule has 5 nitrogen and oxygen atoms in total. The monoisotopic (exact) mass is 306 g/mol. The number of aromatic carboxylic acids is 1. The van der Waals surface area contributed by atoms with Crippen LogP contribution in [-0.2, 0) is 13.1 Å². The Morgan fingerprint density at radius 2 is 2.19 bits per heavy atom. The first-order valence-corrected chi connectivity index (χ1v) is 7.37. The molecule has 1 N–H and O–H groups in total. The summed E-state index contributed by atoms with van der Waals surface area (Å²) in [6, 6.07) is 5.23. The van der Waals surface area contributed by atoms with Crippen LogP contribution in [0.3, 0.4) is 0 Å². The molecule has 0 spiro atoms. The number of aryl methyl sites for hydroxylation is 1. The summed E-state index contributed by atoms with van der Waals surface area (Å²) in [6.45, 7) is 3.37. The van der Waals surface area contributed by atoms with E-state index in [1.807, 2.05) is 25.4 Å². The van der Waals surface area contributed by atoms with Gasteiger partial charge in [-0.25, -0.2) is 9.78 Å². The van der Waals surface area contributed by atoms with E-state index in [2.05, 4.69) is 9.88 Å². The van der Waals surface area contributed by atoms with E-state index in [1.54, 1.807) is 23.5 Å². The first kappa shape index (κ1) is 15.5. The van der Waals surface area contributed by atoms with Gasteiger partial charge in [0, 0.05) is 18.5 Å². The number of benzene rings is 1. The van der Waals surface area contributed by atoms with Gasteiger partial charge in [-0.1, -0.05) is 6.07 Å². The molecule has 0 saturated heterocycles. The zero-order valence-electron chi connectivity index (χ0n) is 12.3. The van der Waals surface area contributed by atoms with Crippen molar-refractivity contribution in [3.05, 3.63) is 45.4 Å². The molecule has 0 aliphatic carbocycles. The number of carboxylic acids is 1. The van der Waals surface area contributed by atoms with Gasteiger partial charge in [0.2, 0.25) is 0 Å². The highest BCUT2D eigenvalue weighted by atomic mass is 32.1. The molecule has 2 aromatic rings. The zero-order valence-corrected chi connectivity index (χ0v) is 13.1. The van der Waals surface area contributed by atoms with Crippen LogP contribution < -0.4 is 4.74 Å². The highest BCUT2D eigenvalue weighted by molar-refractivity contribution is 7.09. The largest absolute Gasteiger partial charge is 0.496 e. The van der Waals surface area contributed by atoms with Crippen molar-refractivity contribution in [2.45, 2.75) is 20.0 Å². The van der Waals surface area contributed by atoms with Gasteiger partial charge in [0.05, 0.1) is 17.8 Å². The maximum Gasteiger partial charge on any atom is 0.339 e. The van der Waals surface area contributed by atoms with Gasteiger partial charge < -0.3 is 9.84 Å². The molecule has 0 fully saturated rings. The Labute approximate surface area is 127 Å². The Hall–Kier alpha value is -1.92. The van der Waals surface area contributed by atoms with Crippen molar-refractivity contribution in [3.63, 3.8) is 0 Å². The molecule has 2 rings (SSSR count). The van der Waals surface area contributed by atoms with Gasteiger partial charge >= 0.3 is 5.97 Å². The minimum absolute atomic E-state index is 0.188. The minimum Gasteiger partial charge on any atom is -0.496 e. The summed E-state index contributed by atoms with van der Waals surface area (Å²) in [7, 11) is 3.46. The third-order valence-electron chi connectivity index (χ3n) is 3.05. The van der Waals surface area contributed by atoms with Gasteiger partial charge in [0.25, 0.3) is 0 Å². The highest BCUT2D eigenvalue weighted by Gasteiger charge is 2.12. The van der Waals surface area contributed by atoms with Crippen LogP contribution in [0.25, 0.3) is 0 Å². The van der Waals surface area contributed by atoms with Crippen LogP contribution >= 0.6 is 11.3 Å². The number of rotatable bonds is 6. The van der Waals surface area contributed by atoms with Crippen LogP contribution in [0.5, 0.6) is 5.75 Å². The van der Waals surface area contributed by atoms with Crippen molar-refractivity contribution in [1.82, 2.24) is 9.88 Å². The molecular weight excluding hydrogens is 288 g/mol. The van der Waals surface area contributed by atoms with Gasteiger partial charge in [-0.3, -0.25) is 4.90 Å². The second kappa shape index (κ2) is 6.69. The van der Waals surface area contributed by atoms with Crippen molar-refractivity contribution in [1.29, 1.82) is 0 Å². The summed E-state index contributed by atoms with van der Waals surface area (Å²) in [5.41, 5.74) is 2.16. The summed E-state index contributed by atoms with van der Waals surface area (Å²) in [6.07, 6.45) is 0. The molecule has 1 heterocycles. The average molecular weight is 306 g/mol. The zero-order chi connectivity index (χ0) is 15.4. The van der Waals surface area contributed by atoms with E-state index in [0.29, 0.717) is 12.3 Å². The second-order valence-electron chi connectivity index (χ2n) is 4.87. The Balaban J connectivity index is 2.08. The molecule has 0 aliphatic rings. The fourth-order valence-electron chi connectivity index (χ4n) is 2.15. The number of hydrogen-bond donors (Lipinski definition) is 1. The fourth-order valence-corrected chi connectivity index (χ4v) is 2.75. The molecule has 0 radical (unpaired) electrons. The van der Waals surface area contributed by atoms with Gasteiger partial charge in [0.15, 0.2) is 0 Å². The first-order chi connectivity index (χ1) is 9.99. The number of hydrogen-bond acceptors (Lipinski definition) is 5. The van der Waals surface area contributed by atoms with Crippen molar-refractivity contribution < 1.29 is 14.6 Å². The van der Waals surface area contributed by atoms with E-state index in [4.69, 9.17) is 4.74 Å². The van der Waals surface area contributed by atoms with E-state index in [-0.39, 0.29) is 5.56 Å². The highest BCUT2D eigenvalue weighted by Crippen LogP contribution is 2.21. The van der Waals surface area contributed by atoms with E-state index in [1.165, 1.54) is 7.11 Å². The maximum atomic E-state index is 11.2. The van der Waals surface area contributed by atoms with Gasteiger partial charge in [-0.05, 0) is 31.7 Å². The molecule has 21 heavy (non-hydrogen) atoms. The van der Waals surface area contributed by atoms with E-state index in [0.717, 1.165) is 22.8 Å². The smallest absolute Gasteiger partial charge is 0.339 e. The normalized spacial score (nSPS) is 10.9. The van der Waals surface area contributed by atoms with Crippen molar-refractivity contribution >= 4 is 17.3 Å². The van der Waals surface area contributed by atoms with E-state index in [9.17, 15) is 9.90 Å². The lowest BCUT2D eigenvalue weighted by Crippen LogP contribution is -2.17. The van der Waals surface area contributed by atoms with Crippen LogP contribution in [0.2, 0.25) is 0 Å². The third-order valence-corrected chi connectivity index (χ3v) is 3.87. The van der Waals surface area contributed by atoms with Gasteiger partial charge in [-0.2, -0.15) is 0 Å². The lowest BCUT2D eigenvalue weighted by Gasteiger charge is -2.16. The molecular formula is C15H18N2O3S. The lowest BCUT2D eigenvalue weighted by atomic mass is 10.1. The first-order valence-electron chi connectivity index (χ1n) is 6.49. The van der Waals surface area contributed by atoms with E-state index >= 15 is 0 Å². The van der Waals surface area contributed by atoms with Gasteiger partial charge in [0.1, 0.15) is 11.3 Å². The predicted octanol–water partition coefficient (Wildman–Crippen LogP) is 2.79. The van der Waals surface area contributed by atoms with Crippen molar-refractivity contribution in [2.75, 3.05) is 14.2 Å². The van der Waals surface area contributed by atoms with Crippen molar-refractivity contribution in [2.24, 2.45) is 0 Å². The Morgan fingerprint density at radius 1 is 1.43 bits per heavy atom. The molecule has 0 saturated carbocycles. The molecule has 0 unspecified atom stereocenters. The summed E-state index contributed by atoms with van der Waals surface area (Å²) >= 11 is 1.63. The second-order valence-corrected chi connectivity index (χ2v) is 5.93. The Bertz CT molecular complexity index is 640. The van der Waals surface area contributed by atoms with Crippen LogP contribution in [0.15, 0.2) is 23.6 Å². The van der Waals surface area contributed by atoms with Gasteiger partial charge in [-0.15, -0.1) is 11.3 Å². The molecule has 0 bridgehead atoms. The third kappa shape index (κ3) is 4.03. The fraction of sp³-hybridized carbons (Fsp3) is 0.333. The molecule has 1 aromatic heterocycles. The molecule has 1 aromatic carbocycles. The van der Waals surface area contributed by atoms with Crippen LogP contribution in [0.4, 0.5) is 0 Å². The predicted molar refractivity (Wildman–Crippen MR) is 82.0 cm³/mol. The number of methoxy groups -OCH3 is 1. The average Bonchev–Trinajstić information content (AvgIpc) is 2.83. The van der Waals surface area contributed by atoms with Crippen LogP contribution in [0.1, 0.15) is 26.6 Å². The van der Waals surface area contributed by atoms with Crippen LogP contribution in [-0.4, -0.2) is 35.1 Å². The van der Waals surface area contributed by atoms with Crippen molar-refractivity contribution in [3.8, 4) is 5.75 Å². The maximum absolute atomic E-state index is 11.2. The standard InChI is InChI=1S/C15H18N2O3S/c1-10-16-12(9-21-10)8-17(2)7-11-4-5-14(20-3)13(6-11)15(18)19/h4-6,9H,7-8H2,1-3H3,(H,18,19). The summed E-state index contributed by atoms with van der Waals surface area (Å²) in [5.74, 6) is -0.601. The number of aromatic nitrogens is 1. The molecule has 6 heteroatoms. The van der Waals surface area contributed by atoms with E-state index < -0.39 is 5.97 Å². The summed E-state index contributed by atoms with van der Waals surface area (Å²) in [4.78, 5) is 17.7. The summed E-state index contributed by atoms with van der Waals surface area (Å²) < 4.78 is 5.06. The number of thiazole rings is 1. The quantitative estimate of drug-likeness (QED) is 0.889. The summed E-state index contributed by atoms with van der Waals surface area (Å²) in [5, 5.41) is 12.3. The topological polar surface area (TPSA) is 62.7 Å². The number of nitrogens with zero attached hydrogens (tertiary/aromatic N) is 2. The number of carbonyl (C=O) groups is 1. The number of ether oxygens (including phenoxy) is 1. The number of carboxylic acid groups (broad SMARTS) is 1. The molecule has 0 atom stereocenters. The molecule has 0 aliphatic heterocycles. The van der Waals surface area contributed by atoms with Crippen LogP contribution in [0, 0.1) is 6.92 Å². The Kier molecular flexibility index (Phi) is 4.93. The molecule has 112 valence electrons. The lowest BCUT2D eigenvalue weighted by molar-refractivity contribution is 0.0693. The Morgan fingerprint density at radius 3 is 2.76 bits per heavy atom. The SMILES string of the molecule is COc1ccc(CN(C)Cc2csc(C)n2)cc1C(=O)O. The molecule has 0 amide bonds.